The van der Waals surface area contributed by atoms with Crippen molar-refractivity contribution < 1.29 is 19.4 Å². The normalized spacial score (nSPS) is 11.0. The lowest BCUT2D eigenvalue weighted by molar-refractivity contribution is 0.0956. The average Bonchev–Trinajstić information content (AvgIpc) is 2.85. The predicted octanol–water partition coefficient (Wildman–Crippen LogP) is 3.79. The van der Waals surface area contributed by atoms with Gasteiger partial charge in [0.2, 0.25) is 0 Å². The highest BCUT2D eigenvalue weighted by atomic mass is 35.5. The standard InChI is InChI=1S/C26H27ClN4O4/c1-31(12-13-32)17-18-6-8-20(9-7-18)25(33)29-24-11-10-21(27)15-23(24)26(34)30-28-16-19-4-3-5-22(14-19)35-2/h3-11,14-16,32H,12-13,17H2,1-2H3,(H,29,33)(H,30,34). The first-order valence-corrected chi connectivity index (χ1v) is 11.2. The molecule has 0 radical (unpaired) electrons. The van der Waals surface area contributed by atoms with Gasteiger partial charge >= 0.3 is 0 Å². The largest absolute Gasteiger partial charge is 0.497 e. The Morgan fingerprint density at radius 2 is 1.86 bits per heavy atom. The third kappa shape index (κ3) is 7.65. The first kappa shape index (κ1) is 25.9. The van der Waals surface area contributed by atoms with Gasteiger partial charge in [-0.3, -0.25) is 14.5 Å². The number of benzene rings is 3. The maximum absolute atomic E-state index is 12.8. The molecule has 0 bridgehead atoms. The van der Waals surface area contributed by atoms with Crippen LogP contribution in [0, 0.1) is 0 Å². The van der Waals surface area contributed by atoms with Crippen molar-refractivity contribution in [2.45, 2.75) is 6.54 Å². The molecule has 0 spiro atoms. The molecule has 3 aromatic rings. The molecule has 9 heteroatoms. The minimum atomic E-state index is -0.524. The minimum absolute atomic E-state index is 0.0836. The van der Waals surface area contributed by atoms with E-state index in [2.05, 4.69) is 15.8 Å². The van der Waals surface area contributed by atoms with Crippen LogP contribution >= 0.6 is 11.6 Å². The van der Waals surface area contributed by atoms with E-state index >= 15 is 0 Å². The van der Waals surface area contributed by atoms with Crippen LogP contribution in [0.1, 0.15) is 31.8 Å². The molecule has 0 aliphatic heterocycles. The number of aliphatic hydroxyl groups is 1. The molecule has 3 rings (SSSR count). The van der Waals surface area contributed by atoms with Crippen LogP contribution < -0.4 is 15.5 Å². The summed E-state index contributed by atoms with van der Waals surface area (Å²) in [5, 5.41) is 16.1. The number of amides is 2. The number of carbonyl (C=O) groups is 2. The molecular weight excluding hydrogens is 468 g/mol. The molecule has 0 atom stereocenters. The molecular formula is C26H27ClN4O4. The molecule has 35 heavy (non-hydrogen) atoms. The molecule has 0 aliphatic rings. The van der Waals surface area contributed by atoms with Gasteiger partial charge in [0.25, 0.3) is 11.8 Å². The third-order valence-corrected chi connectivity index (χ3v) is 5.33. The van der Waals surface area contributed by atoms with Gasteiger partial charge in [0.1, 0.15) is 5.75 Å². The Morgan fingerprint density at radius 3 is 2.57 bits per heavy atom. The molecule has 0 saturated carbocycles. The van der Waals surface area contributed by atoms with Gasteiger partial charge in [-0.25, -0.2) is 5.43 Å². The maximum atomic E-state index is 12.8. The summed E-state index contributed by atoms with van der Waals surface area (Å²) in [7, 11) is 3.48. The second-order valence-electron chi connectivity index (χ2n) is 7.78. The van der Waals surface area contributed by atoms with Gasteiger partial charge in [-0.2, -0.15) is 5.10 Å². The van der Waals surface area contributed by atoms with Gasteiger partial charge in [-0.15, -0.1) is 0 Å². The van der Waals surface area contributed by atoms with Gasteiger partial charge in [0, 0.05) is 23.7 Å². The van der Waals surface area contributed by atoms with E-state index in [0.717, 1.165) is 11.1 Å². The SMILES string of the molecule is COc1cccc(C=NNC(=O)c2cc(Cl)ccc2NC(=O)c2ccc(CN(C)CCO)cc2)c1. The summed E-state index contributed by atoms with van der Waals surface area (Å²) in [6.07, 6.45) is 1.49. The Bertz CT molecular complexity index is 1200. The highest BCUT2D eigenvalue weighted by molar-refractivity contribution is 6.31. The van der Waals surface area contributed by atoms with E-state index < -0.39 is 5.91 Å². The average molecular weight is 495 g/mol. The number of ether oxygens (including phenoxy) is 1. The third-order valence-electron chi connectivity index (χ3n) is 5.10. The van der Waals surface area contributed by atoms with Crippen LogP contribution in [0.2, 0.25) is 5.02 Å². The minimum Gasteiger partial charge on any atom is -0.497 e. The number of likely N-dealkylation sites (N-methyl/N-ethyl adjacent to an activating group) is 1. The zero-order valence-corrected chi connectivity index (χ0v) is 20.2. The van der Waals surface area contributed by atoms with Crippen molar-refractivity contribution in [3.8, 4) is 5.75 Å². The predicted molar refractivity (Wildman–Crippen MR) is 137 cm³/mol. The smallest absolute Gasteiger partial charge is 0.273 e. The summed E-state index contributed by atoms with van der Waals surface area (Å²) < 4.78 is 5.17. The van der Waals surface area contributed by atoms with E-state index in [1.807, 2.05) is 36.2 Å². The van der Waals surface area contributed by atoms with Crippen LogP contribution in [0.5, 0.6) is 5.75 Å². The molecule has 0 saturated heterocycles. The lowest BCUT2D eigenvalue weighted by Crippen LogP contribution is -2.22. The quantitative estimate of drug-likeness (QED) is 0.294. The fraction of sp³-hybridized carbons (Fsp3) is 0.192. The van der Waals surface area contributed by atoms with Crippen LogP contribution in [0.25, 0.3) is 0 Å². The second kappa shape index (κ2) is 12.7. The molecule has 3 aromatic carbocycles. The summed E-state index contributed by atoms with van der Waals surface area (Å²) in [5.74, 6) is -0.217. The second-order valence-corrected chi connectivity index (χ2v) is 8.21. The van der Waals surface area contributed by atoms with Crippen molar-refractivity contribution in [1.82, 2.24) is 10.3 Å². The molecule has 0 heterocycles. The van der Waals surface area contributed by atoms with E-state index in [4.69, 9.17) is 21.4 Å². The van der Waals surface area contributed by atoms with Gasteiger partial charge in [-0.05, 0) is 60.6 Å². The molecule has 182 valence electrons. The molecule has 8 nitrogen and oxygen atoms in total. The highest BCUT2D eigenvalue weighted by Gasteiger charge is 2.15. The first-order valence-electron chi connectivity index (χ1n) is 10.9. The number of halogens is 1. The van der Waals surface area contributed by atoms with Gasteiger partial charge in [0.05, 0.1) is 31.2 Å². The van der Waals surface area contributed by atoms with Crippen molar-refractivity contribution in [2.75, 3.05) is 32.6 Å². The number of rotatable bonds is 10. The Balaban J connectivity index is 1.69. The molecule has 0 aliphatic carbocycles. The fourth-order valence-corrected chi connectivity index (χ4v) is 3.45. The van der Waals surface area contributed by atoms with Crippen molar-refractivity contribution in [3.05, 3.63) is 94.0 Å². The Hall–Kier alpha value is -3.72. The van der Waals surface area contributed by atoms with Crippen LogP contribution in [0.4, 0.5) is 5.69 Å². The molecule has 0 fully saturated rings. The summed E-state index contributed by atoms with van der Waals surface area (Å²) in [6, 6.07) is 19.0. The molecule has 0 aromatic heterocycles. The zero-order valence-electron chi connectivity index (χ0n) is 19.5. The number of hydrogen-bond donors (Lipinski definition) is 3. The number of anilines is 1. The highest BCUT2D eigenvalue weighted by Crippen LogP contribution is 2.22. The monoisotopic (exact) mass is 494 g/mol. The van der Waals surface area contributed by atoms with E-state index in [-0.39, 0.29) is 18.1 Å². The van der Waals surface area contributed by atoms with Crippen molar-refractivity contribution in [3.63, 3.8) is 0 Å². The Labute approximate surface area is 209 Å². The van der Waals surface area contributed by atoms with Crippen LogP contribution in [-0.2, 0) is 6.54 Å². The van der Waals surface area contributed by atoms with Crippen LogP contribution in [0.15, 0.2) is 71.8 Å². The number of nitrogens with one attached hydrogen (secondary N) is 2. The maximum Gasteiger partial charge on any atom is 0.273 e. The summed E-state index contributed by atoms with van der Waals surface area (Å²) >= 11 is 6.09. The number of aliphatic hydroxyl groups excluding tert-OH is 1. The van der Waals surface area contributed by atoms with Gasteiger partial charge in [-0.1, -0.05) is 35.9 Å². The lowest BCUT2D eigenvalue weighted by Gasteiger charge is -2.15. The van der Waals surface area contributed by atoms with Crippen molar-refractivity contribution >= 4 is 35.3 Å². The van der Waals surface area contributed by atoms with E-state index in [9.17, 15) is 9.59 Å². The van der Waals surface area contributed by atoms with E-state index in [1.54, 1.807) is 43.5 Å². The molecule has 3 N–H and O–H groups in total. The molecule has 2 amide bonds. The lowest BCUT2D eigenvalue weighted by atomic mass is 10.1. The number of methoxy groups -OCH3 is 1. The van der Waals surface area contributed by atoms with E-state index in [0.29, 0.717) is 35.1 Å². The number of hydrazone groups is 1. The number of carbonyl (C=O) groups excluding carboxylic acids is 2. The van der Waals surface area contributed by atoms with Crippen molar-refractivity contribution in [2.24, 2.45) is 5.10 Å². The zero-order chi connectivity index (χ0) is 25.2. The van der Waals surface area contributed by atoms with E-state index in [1.165, 1.54) is 12.3 Å². The first-order chi connectivity index (χ1) is 16.9. The van der Waals surface area contributed by atoms with Gasteiger partial charge in [0.15, 0.2) is 0 Å². The summed E-state index contributed by atoms with van der Waals surface area (Å²) in [4.78, 5) is 27.6. The summed E-state index contributed by atoms with van der Waals surface area (Å²) in [6.45, 7) is 1.30. The van der Waals surface area contributed by atoms with Crippen LogP contribution in [0.3, 0.4) is 0 Å². The van der Waals surface area contributed by atoms with Crippen molar-refractivity contribution in [1.29, 1.82) is 0 Å². The topological polar surface area (TPSA) is 103 Å². The number of nitrogens with zero attached hydrogens (tertiary/aromatic N) is 2. The van der Waals surface area contributed by atoms with Gasteiger partial charge < -0.3 is 15.2 Å². The summed E-state index contributed by atoms with van der Waals surface area (Å²) in [5.41, 5.74) is 5.14. The Kier molecular flexibility index (Phi) is 9.37. The Morgan fingerprint density at radius 1 is 1.09 bits per heavy atom. The van der Waals surface area contributed by atoms with Crippen LogP contribution in [-0.4, -0.2) is 55.3 Å². The fourth-order valence-electron chi connectivity index (χ4n) is 3.28. The molecule has 0 unspecified atom stereocenters. The number of hydrogen-bond acceptors (Lipinski definition) is 6.